The molecule has 1 aliphatic rings. The fraction of sp³-hybridized carbons (Fsp3) is 0.429. The Bertz CT molecular complexity index is 576. The van der Waals surface area contributed by atoms with Crippen LogP contribution >= 0.6 is 0 Å². The first-order chi connectivity index (χ1) is 12.3. The highest BCUT2D eigenvalue weighted by Crippen LogP contribution is 2.31. The van der Waals surface area contributed by atoms with Crippen LogP contribution in [-0.2, 0) is 4.74 Å². The van der Waals surface area contributed by atoms with Crippen LogP contribution in [0.1, 0.15) is 23.5 Å². The van der Waals surface area contributed by atoms with Gasteiger partial charge in [-0.3, -0.25) is 4.90 Å². The summed E-state index contributed by atoms with van der Waals surface area (Å²) in [6, 6.07) is 20.9. The predicted molar refractivity (Wildman–Crippen MR) is 98.6 cm³/mol. The average molecular weight is 341 g/mol. The standard InChI is InChI=1S/C21H27NO3/c23-15-19(16-24)22-11-12-25-20(14-22)13-21(17-7-3-1-4-8-17)18-9-5-2-6-10-18/h1-10,19-21,23-24H,11-16H2. The Morgan fingerprint density at radius 1 is 0.920 bits per heavy atom. The van der Waals surface area contributed by atoms with E-state index in [1.807, 2.05) is 12.1 Å². The number of rotatable bonds is 7. The van der Waals surface area contributed by atoms with Crippen molar-refractivity contribution < 1.29 is 14.9 Å². The molecule has 134 valence electrons. The highest BCUT2D eigenvalue weighted by atomic mass is 16.5. The number of aliphatic hydroxyl groups is 2. The Balaban J connectivity index is 1.76. The van der Waals surface area contributed by atoms with Crippen molar-refractivity contribution in [2.75, 3.05) is 32.9 Å². The lowest BCUT2D eigenvalue weighted by molar-refractivity contribution is -0.0628. The zero-order valence-corrected chi connectivity index (χ0v) is 14.5. The number of hydrogen-bond donors (Lipinski definition) is 2. The van der Waals surface area contributed by atoms with Crippen LogP contribution in [0.3, 0.4) is 0 Å². The molecule has 2 N–H and O–H groups in total. The lowest BCUT2D eigenvalue weighted by atomic mass is 9.86. The molecule has 4 nitrogen and oxygen atoms in total. The van der Waals surface area contributed by atoms with Gasteiger partial charge in [-0.25, -0.2) is 0 Å². The van der Waals surface area contributed by atoms with Gasteiger partial charge in [0.05, 0.1) is 32.0 Å². The predicted octanol–water partition coefficient (Wildman–Crippen LogP) is 2.26. The maximum atomic E-state index is 9.46. The number of hydrogen-bond acceptors (Lipinski definition) is 4. The highest BCUT2D eigenvalue weighted by molar-refractivity contribution is 5.32. The second-order valence-electron chi connectivity index (χ2n) is 6.62. The summed E-state index contributed by atoms with van der Waals surface area (Å²) in [4.78, 5) is 2.14. The van der Waals surface area contributed by atoms with Gasteiger partial charge in [-0.2, -0.15) is 0 Å². The first kappa shape index (κ1) is 18.1. The Kier molecular flexibility index (Phi) is 6.59. The minimum Gasteiger partial charge on any atom is -0.395 e. The molecular formula is C21H27NO3. The van der Waals surface area contributed by atoms with Crippen molar-refractivity contribution in [1.29, 1.82) is 0 Å². The molecule has 2 aromatic carbocycles. The Labute approximate surface area is 149 Å². The van der Waals surface area contributed by atoms with E-state index in [0.717, 1.165) is 19.5 Å². The fourth-order valence-corrected chi connectivity index (χ4v) is 3.60. The molecule has 1 atom stereocenters. The van der Waals surface area contributed by atoms with E-state index in [9.17, 15) is 10.2 Å². The normalized spacial score (nSPS) is 18.8. The summed E-state index contributed by atoms with van der Waals surface area (Å²) < 4.78 is 6.02. The van der Waals surface area contributed by atoms with Crippen molar-refractivity contribution in [1.82, 2.24) is 4.90 Å². The van der Waals surface area contributed by atoms with Gasteiger partial charge in [-0.05, 0) is 17.5 Å². The number of aliphatic hydroxyl groups excluding tert-OH is 2. The van der Waals surface area contributed by atoms with Crippen LogP contribution in [0.5, 0.6) is 0 Å². The maximum absolute atomic E-state index is 9.46. The minimum atomic E-state index is -0.196. The number of nitrogens with zero attached hydrogens (tertiary/aromatic N) is 1. The van der Waals surface area contributed by atoms with Gasteiger partial charge in [0.2, 0.25) is 0 Å². The van der Waals surface area contributed by atoms with Crippen molar-refractivity contribution in [3.8, 4) is 0 Å². The molecule has 0 aliphatic carbocycles. The van der Waals surface area contributed by atoms with Gasteiger partial charge in [0, 0.05) is 19.0 Å². The Morgan fingerprint density at radius 3 is 2.00 bits per heavy atom. The lowest BCUT2D eigenvalue weighted by Gasteiger charge is -2.38. The van der Waals surface area contributed by atoms with Gasteiger partial charge in [0.15, 0.2) is 0 Å². The molecule has 0 bridgehead atoms. The molecule has 25 heavy (non-hydrogen) atoms. The molecule has 1 aliphatic heterocycles. The van der Waals surface area contributed by atoms with Crippen LogP contribution in [0.15, 0.2) is 60.7 Å². The summed E-state index contributed by atoms with van der Waals surface area (Å²) in [6.45, 7) is 2.08. The maximum Gasteiger partial charge on any atom is 0.0711 e. The molecule has 0 spiro atoms. The molecule has 0 amide bonds. The SMILES string of the molecule is OCC(CO)N1CCOC(CC(c2ccccc2)c2ccccc2)C1. The zero-order chi connectivity index (χ0) is 17.5. The summed E-state index contributed by atoms with van der Waals surface area (Å²) in [5.74, 6) is 0.272. The molecule has 0 radical (unpaired) electrons. The molecule has 0 aromatic heterocycles. The van der Waals surface area contributed by atoms with Crippen LogP contribution in [0, 0.1) is 0 Å². The third kappa shape index (κ3) is 4.67. The molecule has 1 saturated heterocycles. The molecule has 3 rings (SSSR count). The molecule has 1 heterocycles. The molecule has 1 fully saturated rings. The first-order valence-corrected chi connectivity index (χ1v) is 8.99. The van der Waals surface area contributed by atoms with Gasteiger partial charge >= 0.3 is 0 Å². The third-order valence-electron chi connectivity index (χ3n) is 5.01. The molecule has 2 aromatic rings. The van der Waals surface area contributed by atoms with E-state index in [0.29, 0.717) is 6.61 Å². The van der Waals surface area contributed by atoms with E-state index in [1.165, 1.54) is 11.1 Å². The van der Waals surface area contributed by atoms with Crippen LogP contribution in [0.4, 0.5) is 0 Å². The topological polar surface area (TPSA) is 52.9 Å². The quantitative estimate of drug-likeness (QED) is 0.811. The molecule has 0 saturated carbocycles. The summed E-state index contributed by atoms with van der Waals surface area (Å²) in [7, 11) is 0. The molecule has 1 unspecified atom stereocenters. The van der Waals surface area contributed by atoms with Crippen molar-refractivity contribution in [2.45, 2.75) is 24.5 Å². The second kappa shape index (κ2) is 9.11. The summed E-state index contributed by atoms with van der Waals surface area (Å²) in [5.41, 5.74) is 2.57. The summed E-state index contributed by atoms with van der Waals surface area (Å²) in [6.07, 6.45) is 0.966. The second-order valence-corrected chi connectivity index (χ2v) is 6.62. The zero-order valence-electron chi connectivity index (χ0n) is 14.5. The van der Waals surface area contributed by atoms with Crippen LogP contribution in [0.25, 0.3) is 0 Å². The van der Waals surface area contributed by atoms with Gasteiger partial charge < -0.3 is 14.9 Å². The lowest BCUT2D eigenvalue weighted by Crippen LogP contribution is -2.50. The fourth-order valence-electron chi connectivity index (χ4n) is 3.60. The van der Waals surface area contributed by atoms with E-state index < -0.39 is 0 Å². The summed E-state index contributed by atoms with van der Waals surface area (Å²) in [5, 5.41) is 18.9. The number of ether oxygens (including phenoxy) is 1. The monoisotopic (exact) mass is 341 g/mol. The largest absolute Gasteiger partial charge is 0.395 e. The average Bonchev–Trinajstić information content (AvgIpc) is 2.69. The first-order valence-electron chi connectivity index (χ1n) is 8.99. The third-order valence-corrected chi connectivity index (χ3v) is 5.01. The van der Waals surface area contributed by atoms with E-state index in [1.54, 1.807) is 0 Å². The van der Waals surface area contributed by atoms with Gasteiger partial charge in [0.25, 0.3) is 0 Å². The van der Waals surface area contributed by atoms with Crippen molar-refractivity contribution in [3.63, 3.8) is 0 Å². The van der Waals surface area contributed by atoms with Crippen LogP contribution in [-0.4, -0.2) is 60.2 Å². The van der Waals surface area contributed by atoms with E-state index in [2.05, 4.69) is 53.4 Å². The van der Waals surface area contributed by atoms with Gasteiger partial charge in [-0.1, -0.05) is 60.7 Å². The molecule has 4 heteroatoms. The summed E-state index contributed by atoms with van der Waals surface area (Å²) >= 11 is 0. The van der Waals surface area contributed by atoms with Crippen molar-refractivity contribution in [3.05, 3.63) is 71.8 Å². The van der Waals surface area contributed by atoms with Crippen LogP contribution < -0.4 is 0 Å². The van der Waals surface area contributed by atoms with Gasteiger partial charge in [-0.15, -0.1) is 0 Å². The van der Waals surface area contributed by atoms with Crippen LogP contribution in [0.2, 0.25) is 0 Å². The Hall–Kier alpha value is -1.72. The Morgan fingerprint density at radius 2 is 1.48 bits per heavy atom. The van der Waals surface area contributed by atoms with E-state index >= 15 is 0 Å². The van der Waals surface area contributed by atoms with Crippen molar-refractivity contribution >= 4 is 0 Å². The smallest absolute Gasteiger partial charge is 0.0711 e. The van der Waals surface area contributed by atoms with Gasteiger partial charge in [0.1, 0.15) is 0 Å². The van der Waals surface area contributed by atoms with E-state index in [4.69, 9.17) is 4.74 Å². The van der Waals surface area contributed by atoms with Crippen molar-refractivity contribution in [2.24, 2.45) is 0 Å². The van der Waals surface area contributed by atoms with E-state index in [-0.39, 0.29) is 31.3 Å². The highest BCUT2D eigenvalue weighted by Gasteiger charge is 2.28. The minimum absolute atomic E-state index is 0.0238. The number of morpholine rings is 1. The number of benzene rings is 2. The molecular weight excluding hydrogens is 314 g/mol.